The number of rotatable bonds is 54. The van der Waals surface area contributed by atoms with Gasteiger partial charge in [-0.25, -0.2) is 0 Å². The predicted molar refractivity (Wildman–Crippen MR) is 334 cm³/mol. The van der Waals surface area contributed by atoms with Gasteiger partial charge in [0.1, 0.15) is 13.2 Å². The van der Waals surface area contributed by atoms with Gasteiger partial charge >= 0.3 is 17.9 Å². The molecule has 0 rings (SSSR count). The summed E-state index contributed by atoms with van der Waals surface area (Å²) in [7, 11) is 0. The molecule has 6 heteroatoms. The van der Waals surface area contributed by atoms with Crippen molar-refractivity contribution in [2.24, 2.45) is 0 Å². The van der Waals surface area contributed by atoms with Gasteiger partial charge in [0.2, 0.25) is 0 Å². The van der Waals surface area contributed by atoms with E-state index in [-0.39, 0.29) is 37.5 Å². The summed E-state index contributed by atoms with van der Waals surface area (Å²) >= 11 is 0. The Kier molecular flexibility index (Phi) is 59.5. The smallest absolute Gasteiger partial charge is 0.306 e. The largest absolute Gasteiger partial charge is 0.462 e. The third kappa shape index (κ3) is 61.8. The van der Waals surface area contributed by atoms with Crippen molar-refractivity contribution >= 4 is 17.9 Å². The van der Waals surface area contributed by atoms with Crippen molar-refractivity contribution in [2.45, 2.75) is 258 Å². The Labute approximate surface area is 473 Å². The van der Waals surface area contributed by atoms with Gasteiger partial charge in [-0.2, -0.15) is 0 Å². The van der Waals surface area contributed by atoms with Gasteiger partial charge in [-0.05, 0) is 135 Å². The lowest BCUT2D eigenvalue weighted by Crippen LogP contribution is -2.30. The zero-order valence-corrected chi connectivity index (χ0v) is 49.4. The Hall–Kier alpha value is -4.97. The van der Waals surface area contributed by atoms with Crippen LogP contribution in [0.1, 0.15) is 252 Å². The summed E-state index contributed by atoms with van der Waals surface area (Å²) in [6.45, 7) is 6.29. The van der Waals surface area contributed by atoms with E-state index >= 15 is 0 Å². The van der Waals surface area contributed by atoms with Crippen molar-refractivity contribution < 1.29 is 28.6 Å². The van der Waals surface area contributed by atoms with E-state index in [0.29, 0.717) is 19.3 Å². The van der Waals surface area contributed by atoms with Gasteiger partial charge in [0.15, 0.2) is 6.10 Å². The van der Waals surface area contributed by atoms with Gasteiger partial charge in [-0.3, -0.25) is 14.4 Å². The number of esters is 3. The Bertz CT molecular complexity index is 1740. The van der Waals surface area contributed by atoms with E-state index in [1.807, 2.05) is 12.2 Å². The lowest BCUT2D eigenvalue weighted by Gasteiger charge is -2.18. The number of hydrogen-bond acceptors (Lipinski definition) is 6. The summed E-state index contributed by atoms with van der Waals surface area (Å²) in [6, 6.07) is 0. The van der Waals surface area contributed by atoms with Crippen LogP contribution in [-0.4, -0.2) is 37.2 Å². The third-order valence-electron chi connectivity index (χ3n) is 12.5. The maximum atomic E-state index is 12.9. The zero-order valence-electron chi connectivity index (χ0n) is 49.4. The minimum absolute atomic E-state index is 0.117. The van der Waals surface area contributed by atoms with E-state index in [1.165, 1.54) is 70.6 Å². The molecule has 0 fully saturated rings. The Morgan fingerprint density at radius 1 is 0.273 bits per heavy atom. The van der Waals surface area contributed by atoms with E-state index in [9.17, 15) is 14.4 Å². The van der Waals surface area contributed by atoms with Crippen LogP contribution in [0, 0.1) is 0 Å². The molecule has 0 aliphatic heterocycles. The molecular formula is C71H112O6. The maximum Gasteiger partial charge on any atom is 0.306 e. The molecule has 1 unspecified atom stereocenters. The Morgan fingerprint density at radius 3 is 0.870 bits per heavy atom. The van der Waals surface area contributed by atoms with Crippen LogP contribution in [0.25, 0.3) is 0 Å². The van der Waals surface area contributed by atoms with Gasteiger partial charge in [-0.15, -0.1) is 0 Å². The van der Waals surface area contributed by atoms with Gasteiger partial charge in [-0.1, -0.05) is 256 Å². The van der Waals surface area contributed by atoms with Crippen LogP contribution in [0.2, 0.25) is 0 Å². The van der Waals surface area contributed by atoms with Crippen molar-refractivity contribution in [3.8, 4) is 0 Å². The molecule has 0 aliphatic rings. The van der Waals surface area contributed by atoms with Crippen LogP contribution >= 0.6 is 0 Å². The van der Waals surface area contributed by atoms with Crippen LogP contribution in [0.4, 0.5) is 0 Å². The molecule has 0 aromatic carbocycles. The zero-order chi connectivity index (χ0) is 55.7. The van der Waals surface area contributed by atoms with Crippen molar-refractivity contribution in [3.63, 3.8) is 0 Å². The summed E-state index contributed by atoms with van der Waals surface area (Å²) in [6.07, 6.45) is 92.5. The minimum atomic E-state index is -0.826. The first-order chi connectivity index (χ1) is 38.0. The Balaban J connectivity index is 4.43. The second kappa shape index (κ2) is 63.6. The highest BCUT2D eigenvalue weighted by atomic mass is 16.6. The van der Waals surface area contributed by atoms with Crippen molar-refractivity contribution in [1.82, 2.24) is 0 Å². The normalized spacial score (nSPS) is 13.2. The van der Waals surface area contributed by atoms with Crippen molar-refractivity contribution in [2.75, 3.05) is 13.2 Å². The first kappa shape index (κ1) is 72.0. The molecule has 6 nitrogen and oxygen atoms in total. The van der Waals surface area contributed by atoms with Crippen molar-refractivity contribution in [3.05, 3.63) is 158 Å². The molecule has 0 aromatic heterocycles. The molecule has 0 aromatic rings. The molecule has 0 saturated carbocycles. The molecule has 0 saturated heterocycles. The quantitative estimate of drug-likeness (QED) is 0.0261. The number of ether oxygens (including phenoxy) is 3. The highest BCUT2D eigenvalue weighted by Crippen LogP contribution is 2.14. The summed E-state index contributed by atoms with van der Waals surface area (Å²) < 4.78 is 16.8. The lowest BCUT2D eigenvalue weighted by atomic mass is 10.1. The standard InChI is InChI=1S/C71H112O6/c1-4-7-10-13-16-19-22-25-27-29-31-32-33-34-35-36-37-38-40-41-43-46-49-52-55-58-61-64-70(73)76-67-68(66-75-69(72)63-60-57-54-51-48-45-24-21-18-15-12-9-6-3)77-71(74)65-62-59-56-53-50-47-44-42-39-30-28-26-23-20-17-14-11-8-5-2/h7,9-10,12,16-21,25-28,31-32,34-35,37-39,42,45,48,54,57,68H,4-6,8,11,13-15,22-24,29-30,33,36,40-41,43-44,46-47,49-53,55-56,58-67H2,1-3H3/b10-7-,12-9-,19-16-,20-17-,21-18-,27-25-,28-26-,32-31-,35-34-,38-37-,42-39-,48-45-,57-54-. The minimum Gasteiger partial charge on any atom is -0.462 e. The summed E-state index contributed by atoms with van der Waals surface area (Å²) in [4.78, 5) is 38.2. The fraction of sp³-hybridized carbons (Fsp3) is 0.592. The summed E-state index contributed by atoms with van der Waals surface area (Å²) in [5, 5.41) is 0. The first-order valence-corrected chi connectivity index (χ1v) is 31.0. The van der Waals surface area contributed by atoms with Gasteiger partial charge in [0.25, 0.3) is 0 Å². The van der Waals surface area contributed by atoms with Gasteiger partial charge in [0, 0.05) is 19.3 Å². The van der Waals surface area contributed by atoms with Crippen molar-refractivity contribution in [1.29, 1.82) is 0 Å². The second-order valence-electron chi connectivity index (χ2n) is 19.8. The number of carbonyl (C=O) groups excluding carboxylic acids is 3. The highest BCUT2D eigenvalue weighted by molar-refractivity contribution is 5.71. The van der Waals surface area contributed by atoms with E-state index in [0.717, 1.165) is 135 Å². The fourth-order valence-corrected chi connectivity index (χ4v) is 7.94. The monoisotopic (exact) mass is 1060 g/mol. The molecule has 0 spiro atoms. The predicted octanol–water partition coefficient (Wildman–Crippen LogP) is 21.3. The SMILES string of the molecule is CC/C=C\C/C=C\C/C=C\C/C=C\C/C=C\C/C=C\CCCCCCCCCCC(=O)OCC(COC(=O)CC/C=C\C/C=C\C/C=C\C/C=C\CC)OC(=O)CCCCCCCC/C=C\C/C=C\C/C=C\CCCCC. The van der Waals surface area contributed by atoms with Crippen LogP contribution in [0.3, 0.4) is 0 Å². The number of carbonyl (C=O) groups is 3. The third-order valence-corrected chi connectivity index (χ3v) is 12.5. The molecule has 0 bridgehead atoms. The molecule has 0 radical (unpaired) electrons. The summed E-state index contributed by atoms with van der Waals surface area (Å²) in [5.41, 5.74) is 0. The molecule has 0 N–H and O–H groups in total. The van der Waals surface area contributed by atoms with Crippen LogP contribution < -0.4 is 0 Å². The van der Waals surface area contributed by atoms with E-state index in [1.54, 1.807) is 0 Å². The van der Waals surface area contributed by atoms with Crippen LogP contribution in [0.15, 0.2) is 158 Å². The maximum absolute atomic E-state index is 12.9. The number of allylic oxidation sites excluding steroid dienone is 26. The Morgan fingerprint density at radius 2 is 0.532 bits per heavy atom. The average molecular weight is 1060 g/mol. The van der Waals surface area contributed by atoms with E-state index < -0.39 is 6.10 Å². The molecule has 77 heavy (non-hydrogen) atoms. The molecule has 0 aliphatic carbocycles. The summed E-state index contributed by atoms with van der Waals surface area (Å²) in [5.74, 6) is -1.03. The molecule has 0 heterocycles. The lowest BCUT2D eigenvalue weighted by molar-refractivity contribution is -0.166. The van der Waals surface area contributed by atoms with Crippen LogP contribution in [0.5, 0.6) is 0 Å². The van der Waals surface area contributed by atoms with E-state index in [4.69, 9.17) is 14.2 Å². The first-order valence-electron chi connectivity index (χ1n) is 31.0. The average Bonchev–Trinajstić information content (AvgIpc) is 3.43. The topological polar surface area (TPSA) is 78.9 Å². The van der Waals surface area contributed by atoms with Gasteiger partial charge < -0.3 is 14.2 Å². The second-order valence-corrected chi connectivity index (χ2v) is 19.8. The number of hydrogen-bond donors (Lipinski definition) is 0. The number of unbranched alkanes of at least 4 members (excludes halogenated alkanes) is 17. The molecule has 0 amide bonds. The molecule has 1 atom stereocenters. The van der Waals surface area contributed by atoms with Gasteiger partial charge in [0.05, 0.1) is 0 Å². The van der Waals surface area contributed by atoms with E-state index in [2.05, 4.69) is 167 Å². The fourth-order valence-electron chi connectivity index (χ4n) is 7.94. The highest BCUT2D eigenvalue weighted by Gasteiger charge is 2.19. The van der Waals surface area contributed by atoms with Crippen LogP contribution in [-0.2, 0) is 28.6 Å². The molecular weight excluding hydrogens is 949 g/mol. The molecule has 432 valence electrons.